The largest absolute Gasteiger partial charge is 0.392 e. The van der Waals surface area contributed by atoms with Crippen molar-refractivity contribution in [1.29, 1.82) is 0 Å². The molecule has 3 rings (SSSR count). The van der Waals surface area contributed by atoms with Crippen molar-refractivity contribution in [2.75, 3.05) is 6.54 Å². The normalized spacial score (nSPS) is 31.9. The third kappa shape index (κ3) is 2.44. The number of hydrogen-bond acceptors (Lipinski definition) is 2. The summed E-state index contributed by atoms with van der Waals surface area (Å²) in [6.07, 6.45) is 3.57. The van der Waals surface area contributed by atoms with E-state index in [2.05, 4.69) is 32.0 Å². The molecule has 0 bridgehead atoms. The summed E-state index contributed by atoms with van der Waals surface area (Å²) in [4.78, 5) is 0. The highest BCUT2D eigenvalue weighted by Gasteiger charge is 2.48. The predicted octanol–water partition coefficient (Wildman–Crippen LogP) is 2.75. The summed E-state index contributed by atoms with van der Waals surface area (Å²) in [5, 5.41) is 10.7. The van der Waals surface area contributed by atoms with Crippen LogP contribution in [-0.2, 0) is 0 Å². The van der Waals surface area contributed by atoms with Gasteiger partial charge in [0.15, 0.2) is 0 Å². The number of nitrogens with two attached hydrogens (primary N) is 1. The van der Waals surface area contributed by atoms with Crippen LogP contribution in [0.25, 0.3) is 0 Å². The fourth-order valence-electron chi connectivity index (χ4n) is 3.84. The topological polar surface area (TPSA) is 46.2 Å². The minimum atomic E-state index is -0.264. The Balaban J connectivity index is 1.76. The first kappa shape index (κ1) is 13.1. The van der Waals surface area contributed by atoms with E-state index in [1.54, 1.807) is 0 Å². The van der Waals surface area contributed by atoms with Crippen molar-refractivity contribution in [2.45, 2.75) is 45.1 Å². The van der Waals surface area contributed by atoms with Crippen LogP contribution in [0.3, 0.4) is 0 Å². The Bertz CT molecular complexity index is 460. The minimum Gasteiger partial charge on any atom is -0.392 e. The molecule has 3 N–H and O–H groups in total. The van der Waals surface area contributed by atoms with E-state index in [0.717, 1.165) is 11.8 Å². The Labute approximate surface area is 116 Å². The monoisotopic (exact) mass is 259 g/mol. The molecule has 2 heteroatoms. The van der Waals surface area contributed by atoms with Gasteiger partial charge in [-0.1, -0.05) is 18.2 Å². The van der Waals surface area contributed by atoms with Gasteiger partial charge in [0, 0.05) is 12.5 Å². The van der Waals surface area contributed by atoms with Crippen molar-refractivity contribution in [2.24, 2.45) is 23.5 Å². The molecule has 104 valence electrons. The number of aliphatic hydroxyl groups is 1. The second-order valence-electron chi connectivity index (χ2n) is 6.66. The number of hydrogen-bond donors (Lipinski definition) is 2. The average molecular weight is 259 g/mol. The van der Waals surface area contributed by atoms with Crippen LogP contribution in [0.2, 0.25) is 0 Å². The van der Waals surface area contributed by atoms with E-state index in [1.165, 1.54) is 36.0 Å². The van der Waals surface area contributed by atoms with Gasteiger partial charge in [-0.05, 0) is 67.6 Å². The molecular weight excluding hydrogens is 234 g/mol. The maximum absolute atomic E-state index is 10.7. The van der Waals surface area contributed by atoms with Gasteiger partial charge in [0.25, 0.3) is 0 Å². The molecule has 2 aliphatic carbocycles. The van der Waals surface area contributed by atoms with E-state index in [-0.39, 0.29) is 12.0 Å². The van der Waals surface area contributed by atoms with Gasteiger partial charge in [-0.2, -0.15) is 0 Å². The van der Waals surface area contributed by atoms with Crippen molar-refractivity contribution in [3.63, 3.8) is 0 Å². The van der Waals surface area contributed by atoms with Crippen LogP contribution in [0.15, 0.2) is 18.2 Å². The van der Waals surface area contributed by atoms with Crippen molar-refractivity contribution in [1.82, 2.24) is 0 Å². The number of aliphatic hydroxyl groups excluding tert-OH is 1. The molecule has 1 aromatic rings. The minimum absolute atomic E-state index is 0.0989. The van der Waals surface area contributed by atoms with Crippen molar-refractivity contribution >= 4 is 0 Å². The van der Waals surface area contributed by atoms with Gasteiger partial charge in [-0.25, -0.2) is 0 Å². The van der Waals surface area contributed by atoms with Crippen molar-refractivity contribution in [3.8, 4) is 0 Å². The Morgan fingerprint density at radius 3 is 2.42 bits per heavy atom. The predicted molar refractivity (Wildman–Crippen MR) is 78.0 cm³/mol. The molecule has 4 unspecified atom stereocenters. The molecule has 1 aromatic carbocycles. The van der Waals surface area contributed by atoms with E-state index < -0.39 is 0 Å². The summed E-state index contributed by atoms with van der Waals surface area (Å²) < 4.78 is 0. The number of benzene rings is 1. The maximum Gasteiger partial charge on any atom is 0.0649 e. The summed E-state index contributed by atoms with van der Waals surface area (Å²) in [6.45, 7) is 4.79. The Hall–Kier alpha value is -0.860. The second kappa shape index (κ2) is 4.92. The Morgan fingerprint density at radius 2 is 1.84 bits per heavy atom. The molecule has 19 heavy (non-hydrogen) atoms. The van der Waals surface area contributed by atoms with Gasteiger partial charge >= 0.3 is 0 Å². The summed E-state index contributed by atoms with van der Waals surface area (Å²) in [7, 11) is 0. The number of rotatable bonds is 4. The Morgan fingerprint density at radius 1 is 1.16 bits per heavy atom. The van der Waals surface area contributed by atoms with Crippen LogP contribution in [0.1, 0.15) is 41.9 Å². The third-order valence-corrected chi connectivity index (χ3v) is 5.39. The first-order chi connectivity index (χ1) is 9.10. The summed E-state index contributed by atoms with van der Waals surface area (Å²) in [6, 6.07) is 6.48. The molecule has 0 amide bonds. The van der Waals surface area contributed by atoms with E-state index in [1.807, 2.05) is 0 Å². The smallest absolute Gasteiger partial charge is 0.0649 e. The molecule has 0 heterocycles. The molecule has 2 aliphatic rings. The van der Waals surface area contributed by atoms with Gasteiger partial charge in [-0.15, -0.1) is 0 Å². The highest BCUT2D eigenvalue weighted by atomic mass is 16.3. The average Bonchev–Trinajstić information content (AvgIpc) is 3.01. The van der Waals surface area contributed by atoms with E-state index >= 15 is 0 Å². The van der Waals surface area contributed by atoms with E-state index in [4.69, 9.17) is 5.73 Å². The van der Waals surface area contributed by atoms with Crippen LogP contribution < -0.4 is 5.73 Å². The van der Waals surface area contributed by atoms with Crippen LogP contribution in [0.5, 0.6) is 0 Å². The lowest BCUT2D eigenvalue weighted by molar-refractivity contribution is 0.0790. The fraction of sp³-hybridized carbons (Fsp3) is 0.647. The van der Waals surface area contributed by atoms with E-state index in [0.29, 0.717) is 12.5 Å². The molecule has 2 nitrogen and oxygen atoms in total. The molecule has 2 saturated carbocycles. The quantitative estimate of drug-likeness (QED) is 0.873. The van der Waals surface area contributed by atoms with Gasteiger partial charge in [0.1, 0.15) is 0 Å². The van der Waals surface area contributed by atoms with E-state index in [9.17, 15) is 5.11 Å². The van der Waals surface area contributed by atoms with Gasteiger partial charge < -0.3 is 10.8 Å². The van der Waals surface area contributed by atoms with Gasteiger partial charge in [-0.3, -0.25) is 0 Å². The molecule has 0 spiro atoms. The van der Waals surface area contributed by atoms with Gasteiger partial charge in [0.05, 0.1) is 6.10 Å². The van der Waals surface area contributed by atoms with Crippen molar-refractivity contribution in [3.05, 3.63) is 34.9 Å². The molecule has 4 atom stereocenters. The molecule has 0 aromatic heterocycles. The van der Waals surface area contributed by atoms with Crippen LogP contribution >= 0.6 is 0 Å². The summed E-state index contributed by atoms with van der Waals surface area (Å²) in [5.41, 5.74) is 9.75. The Kier molecular flexibility index (Phi) is 3.40. The summed E-state index contributed by atoms with van der Waals surface area (Å²) in [5.74, 6) is 2.40. The third-order valence-electron chi connectivity index (χ3n) is 5.39. The second-order valence-corrected chi connectivity index (χ2v) is 6.66. The summed E-state index contributed by atoms with van der Waals surface area (Å²) >= 11 is 0. The molecule has 0 aliphatic heterocycles. The fourth-order valence-corrected chi connectivity index (χ4v) is 3.84. The SMILES string of the molecule is Cc1ccc(C(CN)C(O)C2CC3CC3C2)cc1C. The van der Waals surface area contributed by atoms with Crippen LogP contribution in [-0.4, -0.2) is 17.8 Å². The number of fused-ring (bicyclic) bond motifs is 1. The first-order valence-corrected chi connectivity index (χ1v) is 7.55. The lowest BCUT2D eigenvalue weighted by Crippen LogP contribution is -2.32. The highest BCUT2D eigenvalue weighted by Crippen LogP contribution is 2.56. The lowest BCUT2D eigenvalue weighted by atomic mass is 9.83. The zero-order chi connectivity index (χ0) is 13.6. The van der Waals surface area contributed by atoms with Crippen LogP contribution in [0, 0.1) is 31.6 Å². The van der Waals surface area contributed by atoms with Crippen LogP contribution in [0.4, 0.5) is 0 Å². The molecule has 0 radical (unpaired) electrons. The standard InChI is InChI=1S/C17H25NO/c1-10-3-4-12(5-11(10)2)16(9-18)17(19)15-7-13-6-14(13)8-15/h3-5,13-17,19H,6-9,18H2,1-2H3. The molecule has 2 fully saturated rings. The van der Waals surface area contributed by atoms with Crippen molar-refractivity contribution < 1.29 is 5.11 Å². The van der Waals surface area contributed by atoms with Gasteiger partial charge in [0.2, 0.25) is 0 Å². The maximum atomic E-state index is 10.7. The molecule has 0 saturated heterocycles. The highest BCUT2D eigenvalue weighted by molar-refractivity contribution is 5.33. The zero-order valence-electron chi connectivity index (χ0n) is 12.0. The lowest BCUT2D eigenvalue weighted by Gasteiger charge is -2.28. The first-order valence-electron chi connectivity index (χ1n) is 7.55. The number of aryl methyl sites for hydroxylation is 2. The zero-order valence-corrected chi connectivity index (χ0v) is 12.0. The molecular formula is C17H25NO.